The van der Waals surface area contributed by atoms with Crippen molar-refractivity contribution in [1.29, 1.82) is 0 Å². The fourth-order valence-electron chi connectivity index (χ4n) is 3.35. The SMILES string of the molecule is CCCCCC1CCC(c2ccc(C(=O)I)cc2)CC1. The van der Waals surface area contributed by atoms with Gasteiger partial charge < -0.3 is 0 Å². The minimum atomic E-state index is 0.133. The molecule has 0 aliphatic heterocycles. The van der Waals surface area contributed by atoms with E-state index in [-0.39, 0.29) is 3.79 Å². The van der Waals surface area contributed by atoms with Crippen LogP contribution in [0.3, 0.4) is 0 Å². The molecular weight excluding hydrogens is 359 g/mol. The Morgan fingerprint density at radius 3 is 2.30 bits per heavy atom. The van der Waals surface area contributed by atoms with Gasteiger partial charge in [0.05, 0.1) is 0 Å². The highest BCUT2D eigenvalue weighted by Crippen LogP contribution is 2.37. The van der Waals surface area contributed by atoms with Crippen LogP contribution in [0.1, 0.15) is 80.1 Å². The predicted octanol–water partition coefficient (Wildman–Crippen LogP) is 6.12. The Morgan fingerprint density at radius 2 is 1.75 bits per heavy atom. The van der Waals surface area contributed by atoms with Crippen LogP contribution in [0, 0.1) is 5.92 Å². The number of carbonyl (C=O) groups excluding carboxylic acids is 1. The van der Waals surface area contributed by atoms with E-state index in [4.69, 9.17) is 0 Å². The molecule has 1 nitrogen and oxygen atoms in total. The number of hydrogen-bond acceptors (Lipinski definition) is 1. The summed E-state index contributed by atoms with van der Waals surface area (Å²) in [6, 6.07) is 8.29. The molecule has 0 bridgehead atoms. The van der Waals surface area contributed by atoms with Gasteiger partial charge in [-0.25, -0.2) is 0 Å². The highest BCUT2D eigenvalue weighted by molar-refractivity contribution is 14.1. The largest absolute Gasteiger partial charge is 0.282 e. The molecular formula is C18H25IO. The maximum Gasteiger partial charge on any atom is 0.222 e. The van der Waals surface area contributed by atoms with Crippen molar-refractivity contribution >= 4 is 26.4 Å². The molecule has 0 heterocycles. The Hall–Kier alpha value is -0.380. The second kappa shape index (κ2) is 8.16. The lowest BCUT2D eigenvalue weighted by molar-refractivity contribution is 0.110. The molecule has 0 aromatic heterocycles. The predicted molar refractivity (Wildman–Crippen MR) is 93.6 cm³/mol. The zero-order valence-corrected chi connectivity index (χ0v) is 14.6. The van der Waals surface area contributed by atoms with E-state index in [9.17, 15) is 4.79 Å². The Bertz CT molecular complexity index is 416. The smallest absolute Gasteiger partial charge is 0.222 e. The highest BCUT2D eigenvalue weighted by atomic mass is 127. The minimum absolute atomic E-state index is 0.133. The first-order valence-corrected chi connectivity index (χ1v) is 9.08. The van der Waals surface area contributed by atoms with Crippen LogP contribution >= 0.6 is 22.6 Å². The van der Waals surface area contributed by atoms with E-state index in [1.807, 2.05) is 34.7 Å². The summed E-state index contributed by atoms with van der Waals surface area (Å²) in [7, 11) is 0. The van der Waals surface area contributed by atoms with Crippen LogP contribution in [0.4, 0.5) is 0 Å². The monoisotopic (exact) mass is 384 g/mol. The Morgan fingerprint density at radius 1 is 1.10 bits per heavy atom. The number of carbonyl (C=O) groups is 1. The summed E-state index contributed by atoms with van der Waals surface area (Å²) < 4.78 is 0.133. The van der Waals surface area contributed by atoms with Crippen molar-refractivity contribution in [2.75, 3.05) is 0 Å². The summed E-state index contributed by atoms with van der Waals surface area (Å²) in [5.41, 5.74) is 2.25. The van der Waals surface area contributed by atoms with Crippen LogP contribution in [-0.4, -0.2) is 3.79 Å². The fraction of sp³-hybridized carbons (Fsp3) is 0.611. The number of hydrogen-bond donors (Lipinski definition) is 0. The van der Waals surface area contributed by atoms with Gasteiger partial charge in [0, 0.05) is 28.2 Å². The lowest BCUT2D eigenvalue weighted by atomic mass is 9.77. The Kier molecular flexibility index (Phi) is 6.53. The van der Waals surface area contributed by atoms with E-state index in [1.165, 1.54) is 56.9 Å². The van der Waals surface area contributed by atoms with Gasteiger partial charge in [-0.1, -0.05) is 56.9 Å². The van der Waals surface area contributed by atoms with Crippen molar-refractivity contribution < 1.29 is 4.79 Å². The van der Waals surface area contributed by atoms with Gasteiger partial charge in [0.1, 0.15) is 0 Å². The highest BCUT2D eigenvalue weighted by Gasteiger charge is 2.22. The quantitative estimate of drug-likeness (QED) is 0.328. The van der Waals surface area contributed by atoms with E-state index in [0.717, 1.165) is 17.4 Å². The maximum absolute atomic E-state index is 11.3. The number of halogens is 1. The van der Waals surface area contributed by atoms with Gasteiger partial charge in [-0.2, -0.15) is 0 Å². The molecule has 110 valence electrons. The standard InChI is InChI=1S/C18H25IO/c1-2-3-4-5-14-6-8-15(9-7-14)16-10-12-17(13-11-16)18(19)20/h10-15H,2-9H2,1H3. The van der Waals surface area contributed by atoms with Crippen molar-refractivity contribution in [2.45, 2.75) is 64.2 Å². The first-order chi connectivity index (χ1) is 9.70. The van der Waals surface area contributed by atoms with Gasteiger partial charge in [-0.3, -0.25) is 4.79 Å². The first-order valence-electron chi connectivity index (χ1n) is 8.00. The molecule has 1 saturated carbocycles. The summed E-state index contributed by atoms with van der Waals surface area (Å²) in [4.78, 5) is 11.3. The molecule has 20 heavy (non-hydrogen) atoms. The van der Waals surface area contributed by atoms with Gasteiger partial charge in [0.15, 0.2) is 0 Å². The normalized spacial score (nSPS) is 22.7. The summed E-state index contributed by atoms with van der Waals surface area (Å²) >= 11 is 1.85. The van der Waals surface area contributed by atoms with E-state index < -0.39 is 0 Å². The number of rotatable bonds is 6. The molecule has 0 radical (unpaired) electrons. The molecule has 2 rings (SSSR count). The lowest BCUT2D eigenvalue weighted by Crippen LogP contribution is -2.13. The topological polar surface area (TPSA) is 17.1 Å². The second-order valence-corrected chi connectivity index (χ2v) is 7.09. The Balaban J connectivity index is 1.82. The molecule has 0 atom stereocenters. The van der Waals surface area contributed by atoms with Gasteiger partial charge in [-0.15, -0.1) is 0 Å². The van der Waals surface area contributed by atoms with Crippen LogP contribution in [0.2, 0.25) is 0 Å². The van der Waals surface area contributed by atoms with Crippen LogP contribution in [0.25, 0.3) is 0 Å². The molecule has 0 N–H and O–H groups in total. The zero-order chi connectivity index (χ0) is 14.4. The molecule has 1 aliphatic carbocycles. The van der Waals surface area contributed by atoms with Gasteiger partial charge in [0.2, 0.25) is 3.79 Å². The van der Waals surface area contributed by atoms with Crippen LogP contribution in [0.5, 0.6) is 0 Å². The van der Waals surface area contributed by atoms with E-state index in [0.29, 0.717) is 0 Å². The molecule has 0 amide bonds. The van der Waals surface area contributed by atoms with Crippen molar-refractivity contribution in [3.63, 3.8) is 0 Å². The summed E-state index contributed by atoms with van der Waals surface area (Å²) in [6.45, 7) is 2.28. The fourth-order valence-corrected chi connectivity index (χ4v) is 3.71. The van der Waals surface area contributed by atoms with Crippen LogP contribution in [0.15, 0.2) is 24.3 Å². The number of benzene rings is 1. The average molecular weight is 384 g/mol. The maximum atomic E-state index is 11.3. The molecule has 2 heteroatoms. The first kappa shape index (κ1) is 16.0. The third-order valence-corrected chi connectivity index (χ3v) is 5.29. The van der Waals surface area contributed by atoms with E-state index in [2.05, 4.69) is 19.1 Å². The van der Waals surface area contributed by atoms with E-state index in [1.54, 1.807) is 0 Å². The summed E-state index contributed by atoms with van der Waals surface area (Å²) in [5, 5.41) is 0. The zero-order valence-electron chi connectivity index (χ0n) is 12.4. The minimum Gasteiger partial charge on any atom is -0.282 e. The second-order valence-electron chi connectivity index (χ2n) is 6.11. The average Bonchev–Trinajstić information content (AvgIpc) is 2.48. The molecule has 0 spiro atoms. The molecule has 1 aromatic carbocycles. The van der Waals surface area contributed by atoms with Crippen LogP contribution in [-0.2, 0) is 0 Å². The third kappa shape index (κ3) is 4.57. The van der Waals surface area contributed by atoms with Gasteiger partial charge >= 0.3 is 0 Å². The van der Waals surface area contributed by atoms with Gasteiger partial charge in [-0.05, 0) is 43.1 Å². The van der Waals surface area contributed by atoms with Crippen molar-refractivity contribution in [3.05, 3.63) is 35.4 Å². The van der Waals surface area contributed by atoms with Crippen LogP contribution < -0.4 is 0 Å². The molecule has 1 aliphatic rings. The number of unbranched alkanes of at least 4 members (excludes halogenated alkanes) is 2. The summed E-state index contributed by atoms with van der Waals surface area (Å²) in [6.07, 6.45) is 11.0. The van der Waals surface area contributed by atoms with E-state index >= 15 is 0 Å². The Labute approximate surface area is 136 Å². The third-order valence-electron chi connectivity index (χ3n) is 4.67. The molecule has 0 saturated heterocycles. The molecule has 0 unspecified atom stereocenters. The molecule has 1 fully saturated rings. The van der Waals surface area contributed by atoms with Gasteiger partial charge in [0.25, 0.3) is 0 Å². The van der Waals surface area contributed by atoms with Crippen molar-refractivity contribution in [1.82, 2.24) is 0 Å². The molecule has 1 aromatic rings. The van der Waals surface area contributed by atoms with Crippen molar-refractivity contribution in [3.8, 4) is 0 Å². The van der Waals surface area contributed by atoms with Crippen molar-refractivity contribution in [2.24, 2.45) is 5.92 Å². The summed E-state index contributed by atoms with van der Waals surface area (Å²) in [5.74, 6) is 1.68. The lowest BCUT2D eigenvalue weighted by Gasteiger charge is -2.29.